The highest BCUT2D eigenvalue weighted by Crippen LogP contribution is 2.33. The zero-order valence-corrected chi connectivity index (χ0v) is 22.2. The van der Waals surface area contributed by atoms with Crippen LogP contribution in [0.3, 0.4) is 0 Å². The topological polar surface area (TPSA) is 107 Å². The van der Waals surface area contributed by atoms with Gasteiger partial charge in [-0.3, -0.25) is 9.59 Å². The average molecular weight is 550 g/mol. The van der Waals surface area contributed by atoms with Gasteiger partial charge < -0.3 is 24.7 Å². The lowest BCUT2D eigenvalue weighted by molar-refractivity contribution is -0.113. The molecule has 0 radical (unpaired) electrons. The fourth-order valence-electron chi connectivity index (χ4n) is 3.63. The van der Waals surface area contributed by atoms with Crippen LogP contribution in [0.1, 0.15) is 43.0 Å². The number of anilines is 1. The summed E-state index contributed by atoms with van der Waals surface area (Å²) in [5.41, 5.74) is 0.940. The van der Waals surface area contributed by atoms with E-state index in [2.05, 4.69) is 20.8 Å². The molecule has 36 heavy (non-hydrogen) atoms. The predicted molar refractivity (Wildman–Crippen MR) is 139 cm³/mol. The smallest absolute Gasteiger partial charge is 0.252 e. The van der Waals surface area contributed by atoms with E-state index in [0.717, 1.165) is 0 Å². The minimum absolute atomic E-state index is 0.0330. The second kappa shape index (κ2) is 11.4. The Bertz CT molecular complexity index is 1280. The molecule has 1 aliphatic rings. The minimum atomic E-state index is -0.397. The maximum atomic E-state index is 13.0. The van der Waals surface area contributed by atoms with Crippen molar-refractivity contribution in [1.29, 1.82) is 0 Å². The van der Waals surface area contributed by atoms with E-state index in [9.17, 15) is 9.59 Å². The molecule has 0 aliphatic carbocycles. The molecule has 3 aromatic rings. The highest BCUT2D eigenvalue weighted by Gasteiger charge is 2.27. The molecule has 0 fully saturated rings. The molecule has 1 aromatic heterocycles. The Morgan fingerprint density at radius 3 is 2.61 bits per heavy atom. The van der Waals surface area contributed by atoms with E-state index in [1.165, 1.54) is 11.8 Å². The van der Waals surface area contributed by atoms with Crippen molar-refractivity contribution in [2.45, 2.75) is 38.5 Å². The van der Waals surface area contributed by atoms with Crippen molar-refractivity contribution in [2.24, 2.45) is 5.92 Å². The SMILES string of the molecule is CCn1c(SCC(=O)Nc2ccc(Cl)cc2Cl)nnc1C(NC(=O)c1ccc2c(c1)OCO2)C(C)C. The van der Waals surface area contributed by atoms with Crippen LogP contribution in [0, 0.1) is 5.92 Å². The molecule has 1 aliphatic heterocycles. The van der Waals surface area contributed by atoms with Crippen molar-refractivity contribution in [2.75, 3.05) is 17.9 Å². The van der Waals surface area contributed by atoms with Gasteiger partial charge in [-0.25, -0.2) is 0 Å². The van der Waals surface area contributed by atoms with Crippen LogP contribution in [0.4, 0.5) is 5.69 Å². The third-order valence-electron chi connectivity index (χ3n) is 5.47. The monoisotopic (exact) mass is 549 g/mol. The van der Waals surface area contributed by atoms with Crippen LogP contribution in [0.2, 0.25) is 10.0 Å². The number of benzene rings is 2. The number of carbonyl (C=O) groups excluding carboxylic acids is 2. The summed E-state index contributed by atoms with van der Waals surface area (Å²) in [5.74, 6) is 1.40. The van der Waals surface area contributed by atoms with E-state index >= 15 is 0 Å². The molecular weight excluding hydrogens is 525 g/mol. The summed E-state index contributed by atoms with van der Waals surface area (Å²) in [4.78, 5) is 25.5. The lowest BCUT2D eigenvalue weighted by Gasteiger charge is -2.22. The molecule has 12 heteroatoms. The number of nitrogens with one attached hydrogen (secondary N) is 2. The number of amides is 2. The summed E-state index contributed by atoms with van der Waals surface area (Å²) in [7, 11) is 0. The van der Waals surface area contributed by atoms with Crippen molar-refractivity contribution in [3.8, 4) is 11.5 Å². The van der Waals surface area contributed by atoms with Gasteiger partial charge in [0.2, 0.25) is 12.7 Å². The quantitative estimate of drug-likeness (QED) is 0.353. The number of rotatable bonds is 9. The van der Waals surface area contributed by atoms with Gasteiger partial charge in [0, 0.05) is 17.1 Å². The van der Waals surface area contributed by atoms with Crippen molar-refractivity contribution in [3.63, 3.8) is 0 Å². The molecule has 0 saturated carbocycles. The van der Waals surface area contributed by atoms with E-state index in [-0.39, 0.29) is 30.3 Å². The van der Waals surface area contributed by atoms with Crippen LogP contribution in [-0.2, 0) is 11.3 Å². The van der Waals surface area contributed by atoms with Crippen LogP contribution < -0.4 is 20.1 Å². The molecule has 1 atom stereocenters. The number of fused-ring (bicyclic) bond motifs is 1. The van der Waals surface area contributed by atoms with Gasteiger partial charge >= 0.3 is 0 Å². The molecule has 0 spiro atoms. The minimum Gasteiger partial charge on any atom is -0.454 e. The van der Waals surface area contributed by atoms with Crippen LogP contribution >= 0.6 is 35.0 Å². The number of thioether (sulfide) groups is 1. The Morgan fingerprint density at radius 2 is 1.89 bits per heavy atom. The average Bonchev–Trinajstić information content (AvgIpc) is 3.48. The maximum Gasteiger partial charge on any atom is 0.252 e. The zero-order chi connectivity index (χ0) is 25.8. The Labute approximate surface area is 222 Å². The summed E-state index contributed by atoms with van der Waals surface area (Å²) in [6.45, 7) is 6.66. The van der Waals surface area contributed by atoms with Crippen molar-refractivity contribution in [3.05, 3.63) is 57.8 Å². The summed E-state index contributed by atoms with van der Waals surface area (Å²) in [5, 5.41) is 15.9. The number of aromatic nitrogens is 3. The van der Waals surface area contributed by atoms with Gasteiger partial charge in [-0.05, 0) is 49.2 Å². The van der Waals surface area contributed by atoms with Crippen molar-refractivity contribution < 1.29 is 19.1 Å². The first-order chi connectivity index (χ1) is 17.3. The number of hydrogen-bond acceptors (Lipinski definition) is 7. The van der Waals surface area contributed by atoms with Gasteiger partial charge in [-0.1, -0.05) is 48.8 Å². The summed E-state index contributed by atoms with van der Waals surface area (Å²) in [6.07, 6.45) is 0. The third-order valence-corrected chi connectivity index (χ3v) is 6.98. The van der Waals surface area contributed by atoms with E-state index in [1.807, 2.05) is 25.3 Å². The Kier molecular flexibility index (Phi) is 8.28. The van der Waals surface area contributed by atoms with Gasteiger partial charge in [0.05, 0.1) is 22.5 Å². The first-order valence-electron chi connectivity index (χ1n) is 11.3. The number of hydrogen-bond donors (Lipinski definition) is 2. The Balaban J connectivity index is 1.45. The fraction of sp³-hybridized carbons (Fsp3) is 0.333. The van der Waals surface area contributed by atoms with E-state index in [4.69, 9.17) is 32.7 Å². The van der Waals surface area contributed by atoms with Crippen molar-refractivity contribution >= 4 is 52.5 Å². The largest absolute Gasteiger partial charge is 0.454 e. The third kappa shape index (κ3) is 5.88. The van der Waals surface area contributed by atoms with Gasteiger partial charge in [-0.15, -0.1) is 10.2 Å². The molecule has 2 N–H and O–H groups in total. The van der Waals surface area contributed by atoms with Crippen molar-refractivity contribution in [1.82, 2.24) is 20.1 Å². The first kappa shape index (κ1) is 26.1. The standard InChI is InChI=1S/C24H25Cl2N5O4S/c1-4-31-22(21(13(2)3)28-23(33)14-5-8-18-19(9-14)35-12-34-18)29-30-24(31)36-11-20(32)27-17-7-6-15(25)10-16(17)26/h5-10,13,21H,4,11-12H2,1-3H3,(H,27,32)(H,28,33). The maximum absolute atomic E-state index is 13.0. The number of carbonyl (C=O) groups is 2. The van der Waals surface area contributed by atoms with Crippen LogP contribution in [0.5, 0.6) is 11.5 Å². The molecule has 4 rings (SSSR count). The molecular formula is C24H25Cl2N5O4S. The van der Waals surface area contributed by atoms with Gasteiger partial charge in [0.25, 0.3) is 5.91 Å². The molecule has 2 aromatic carbocycles. The summed E-state index contributed by atoms with van der Waals surface area (Å²) < 4.78 is 12.6. The first-order valence-corrected chi connectivity index (χ1v) is 13.0. The van der Waals surface area contributed by atoms with Gasteiger partial charge in [-0.2, -0.15) is 0 Å². The molecule has 2 amide bonds. The second-order valence-corrected chi connectivity index (χ2v) is 10.1. The Morgan fingerprint density at radius 1 is 1.11 bits per heavy atom. The summed E-state index contributed by atoms with van der Waals surface area (Å²) in [6, 6.07) is 9.54. The number of halogens is 2. The van der Waals surface area contributed by atoms with E-state index < -0.39 is 6.04 Å². The fourth-order valence-corrected chi connectivity index (χ4v) is 4.90. The normalized spacial score (nSPS) is 13.1. The van der Waals surface area contributed by atoms with Crippen LogP contribution in [0.15, 0.2) is 41.6 Å². The zero-order valence-electron chi connectivity index (χ0n) is 19.9. The lowest BCUT2D eigenvalue weighted by atomic mass is 10.0. The molecule has 0 saturated heterocycles. The molecule has 9 nitrogen and oxygen atoms in total. The predicted octanol–water partition coefficient (Wildman–Crippen LogP) is 5.19. The molecule has 2 heterocycles. The highest BCUT2D eigenvalue weighted by atomic mass is 35.5. The van der Waals surface area contributed by atoms with Gasteiger partial charge in [0.1, 0.15) is 0 Å². The highest BCUT2D eigenvalue weighted by molar-refractivity contribution is 7.99. The second-order valence-electron chi connectivity index (χ2n) is 8.31. The number of ether oxygens (including phenoxy) is 2. The van der Waals surface area contributed by atoms with E-state index in [1.54, 1.807) is 36.4 Å². The van der Waals surface area contributed by atoms with Gasteiger partial charge in [0.15, 0.2) is 22.5 Å². The summed E-state index contributed by atoms with van der Waals surface area (Å²) >= 11 is 13.3. The van der Waals surface area contributed by atoms with Crippen LogP contribution in [0.25, 0.3) is 0 Å². The Hall–Kier alpha value is -2.95. The van der Waals surface area contributed by atoms with E-state index in [0.29, 0.717) is 50.3 Å². The molecule has 1 unspecified atom stereocenters. The lowest BCUT2D eigenvalue weighted by Crippen LogP contribution is -2.33. The molecule has 190 valence electrons. The number of nitrogens with zero attached hydrogens (tertiary/aromatic N) is 3. The van der Waals surface area contributed by atoms with Crippen LogP contribution in [-0.4, -0.2) is 39.1 Å². The molecule has 0 bridgehead atoms.